The Morgan fingerprint density at radius 2 is 1.67 bits per heavy atom. The predicted molar refractivity (Wildman–Crippen MR) is 66.2 cm³/mol. The second-order valence-electron chi connectivity index (χ2n) is 4.16. The molecule has 0 saturated heterocycles. The fourth-order valence-corrected chi connectivity index (χ4v) is 2.04. The zero-order valence-corrected chi connectivity index (χ0v) is 10.0. The molecule has 0 amide bonds. The third kappa shape index (κ3) is 2.57. The van der Waals surface area contributed by atoms with Gasteiger partial charge in [0.15, 0.2) is 0 Å². The lowest BCUT2D eigenvalue weighted by atomic mass is 9.95. The van der Waals surface area contributed by atoms with Gasteiger partial charge >= 0.3 is 0 Å². The van der Waals surface area contributed by atoms with Crippen LogP contribution in [-0.2, 0) is 6.42 Å². The van der Waals surface area contributed by atoms with Crippen LogP contribution in [0, 0.1) is 11.6 Å². The molecule has 0 aliphatic rings. The number of rotatable bonds is 3. The van der Waals surface area contributed by atoms with Gasteiger partial charge in [0, 0.05) is 6.07 Å². The predicted octanol–water partition coefficient (Wildman–Crippen LogP) is 3.61. The van der Waals surface area contributed by atoms with Crippen LogP contribution in [0.5, 0.6) is 0 Å². The van der Waals surface area contributed by atoms with Crippen LogP contribution in [0.3, 0.4) is 0 Å². The van der Waals surface area contributed by atoms with E-state index in [1.54, 1.807) is 12.1 Å². The molecular formula is C15H14F2O. The van der Waals surface area contributed by atoms with Gasteiger partial charge in [-0.3, -0.25) is 0 Å². The van der Waals surface area contributed by atoms with Crippen molar-refractivity contribution >= 4 is 0 Å². The van der Waals surface area contributed by atoms with E-state index >= 15 is 0 Å². The van der Waals surface area contributed by atoms with Crippen LogP contribution in [-0.4, -0.2) is 5.11 Å². The van der Waals surface area contributed by atoms with Gasteiger partial charge in [0.2, 0.25) is 0 Å². The third-order valence-corrected chi connectivity index (χ3v) is 2.93. The summed E-state index contributed by atoms with van der Waals surface area (Å²) in [5.41, 5.74) is 1.88. The van der Waals surface area contributed by atoms with Crippen LogP contribution in [0.15, 0.2) is 42.5 Å². The van der Waals surface area contributed by atoms with Gasteiger partial charge in [-0.15, -0.1) is 0 Å². The van der Waals surface area contributed by atoms with E-state index in [1.807, 2.05) is 19.1 Å². The minimum atomic E-state index is -1.01. The van der Waals surface area contributed by atoms with Crippen molar-refractivity contribution in [2.75, 3.05) is 0 Å². The lowest BCUT2D eigenvalue weighted by molar-refractivity contribution is 0.218. The number of hydrogen-bond acceptors (Lipinski definition) is 1. The molecule has 18 heavy (non-hydrogen) atoms. The summed E-state index contributed by atoms with van der Waals surface area (Å²) >= 11 is 0. The summed E-state index contributed by atoms with van der Waals surface area (Å²) in [6, 6.07) is 10.4. The lowest BCUT2D eigenvalue weighted by Gasteiger charge is -2.15. The monoisotopic (exact) mass is 248 g/mol. The van der Waals surface area contributed by atoms with E-state index in [0.29, 0.717) is 5.56 Å². The fraction of sp³-hybridized carbons (Fsp3) is 0.200. The molecule has 0 bridgehead atoms. The van der Waals surface area contributed by atoms with Gasteiger partial charge in [-0.2, -0.15) is 0 Å². The molecule has 3 heteroatoms. The molecule has 0 fully saturated rings. The van der Waals surface area contributed by atoms with Crippen molar-refractivity contribution in [3.63, 3.8) is 0 Å². The first-order valence-corrected chi connectivity index (χ1v) is 5.83. The highest BCUT2D eigenvalue weighted by molar-refractivity contribution is 5.36. The Hall–Kier alpha value is -1.74. The van der Waals surface area contributed by atoms with Crippen molar-refractivity contribution in [2.24, 2.45) is 0 Å². The standard InChI is InChI=1S/C15H14F2O/c1-2-10-5-3-4-6-14(10)15(18)11-7-12(16)9-13(17)8-11/h3-9,15,18H,2H2,1H3. The largest absolute Gasteiger partial charge is 0.384 e. The molecule has 0 aliphatic carbocycles. The quantitative estimate of drug-likeness (QED) is 0.879. The summed E-state index contributed by atoms with van der Waals surface area (Å²) in [7, 11) is 0. The van der Waals surface area contributed by atoms with Crippen molar-refractivity contribution < 1.29 is 13.9 Å². The smallest absolute Gasteiger partial charge is 0.126 e. The van der Waals surface area contributed by atoms with Crippen LogP contribution in [0.1, 0.15) is 29.7 Å². The molecule has 2 aromatic carbocycles. The molecule has 0 aromatic heterocycles. The van der Waals surface area contributed by atoms with E-state index in [2.05, 4.69) is 0 Å². The Kier molecular flexibility index (Phi) is 3.72. The maximum absolute atomic E-state index is 13.1. The van der Waals surface area contributed by atoms with Crippen molar-refractivity contribution in [1.82, 2.24) is 0 Å². The Morgan fingerprint density at radius 3 is 2.28 bits per heavy atom. The zero-order chi connectivity index (χ0) is 13.1. The number of halogens is 2. The highest BCUT2D eigenvalue weighted by Gasteiger charge is 2.15. The molecule has 0 radical (unpaired) electrons. The molecule has 1 nitrogen and oxygen atoms in total. The number of hydrogen-bond donors (Lipinski definition) is 1. The van der Waals surface area contributed by atoms with Gasteiger partial charge in [0.05, 0.1) is 0 Å². The zero-order valence-electron chi connectivity index (χ0n) is 10.0. The fourth-order valence-electron chi connectivity index (χ4n) is 2.04. The number of aliphatic hydroxyl groups is 1. The van der Waals surface area contributed by atoms with Gasteiger partial charge in [-0.05, 0) is 35.2 Å². The van der Waals surface area contributed by atoms with E-state index in [4.69, 9.17) is 0 Å². The summed E-state index contributed by atoms with van der Waals surface area (Å²) in [5.74, 6) is -1.36. The van der Waals surface area contributed by atoms with Crippen LogP contribution in [0.4, 0.5) is 8.78 Å². The van der Waals surface area contributed by atoms with Gasteiger partial charge in [0.1, 0.15) is 17.7 Å². The van der Waals surface area contributed by atoms with Crippen LogP contribution >= 0.6 is 0 Å². The Bertz CT molecular complexity index is 532. The maximum atomic E-state index is 13.1. The minimum absolute atomic E-state index is 0.230. The second-order valence-corrected chi connectivity index (χ2v) is 4.16. The summed E-state index contributed by atoms with van der Waals surface area (Å²) in [6.07, 6.45) is -0.253. The summed E-state index contributed by atoms with van der Waals surface area (Å²) < 4.78 is 26.3. The Morgan fingerprint density at radius 1 is 1.06 bits per heavy atom. The topological polar surface area (TPSA) is 20.2 Å². The second kappa shape index (κ2) is 5.27. The number of aryl methyl sites for hydroxylation is 1. The van der Waals surface area contributed by atoms with Crippen molar-refractivity contribution in [1.29, 1.82) is 0 Å². The molecule has 0 heterocycles. The minimum Gasteiger partial charge on any atom is -0.384 e. The van der Waals surface area contributed by atoms with Crippen molar-refractivity contribution in [3.05, 3.63) is 70.8 Å². The first-order chi connectivity index (χ1) is 8.61. The Balaban J connectivity index is 2.44. The van der Waals surface area contributed by atoms with Gasteiger partial charge in [-0.25, -0.2) is 8.78 Å². The maximum Gasteiger partial charge on any atom is 0.126 e. The molecule has 1 atom stereocenters. The van der Waals surface area contributed by atoms with E-state index in [1.165, 1.54) is 0 Å². The van der Waals surface area contributed by atoms with Gasteiger partial charge < -0.3 is 5.11 Å². The summed E-state index contributed by atoms with van der Waals surface area (Å²) in [6.45, 7) is 1.97. The van der Waals surface area contributed by atoms with E-state index in [-0.39, 0.29) is 5.56 Å². The molecule has 2 rings (SSSR count). The SMILES string of the molecule is CCc1ccccc1C(O)c1cc(F)cc(F)c1. The molecule has 2 aromatic rings. The molecule has 1 unspecified atom stereocenters. The van der Waals surface area contributed by atoms with Crippen LogP contribution in [0.25, 0.3) is 0 Å². The first kappa shape index (κ1) is 12.7. The average Bonchev–Trinajstić information content (AvgIpc) is 2.36. The molecule has 0 saturated carbocycles. The highest BCUT2D eigenvalue weighted by Crippen LogP contribution is 2.26. The van der Waals surface area contributed by atoms with E-state index in [0.717, 1.165) is 30.2 Å². The number of aliphatic hydroxyl groups excluding tert-OH is 1. The average molecular weight is 248 g/mol. The normalized spacial score (nSPS) is 12.4. The van der Waals surface area contributed by atoms with Crippen molar-refractivity contribution in [3.8, 4) is 0 Å². The Labute approximate surface area is 105 Å². The van der Waals surface area contributed by atoms with Gasteiger partial charge in [-0.1, -0.05) is 31.2 Å². The number of benzene rings is 2. The van der Waals surface area contributed by atoms with E-state index < -0.39 is 17.7 Å². The van der Waals surface area contributed by atoms with Crippen molar-refractivity contribution in [2.45, 2.75) is 19.4 Å². The molecular weight excluding hydrogens is 234 g/mol. The molecule has 1 N–H and O–H groups in total. The molecule has 0 aliphatic heterocycles. The third-order valence-electron chi connectivity index (χ3n) is 2.93. The molecule has 0 spiro atoms. The van der Waals surface area contributed by atoms with E-state index in [9.17, 15) is 13.9 Å². The van der Waals surface area contributed by atoms with Crippen LogP contribution in [0.2, 0.25) is 0 Å². The highest BCUT2D eigenvalue weighted by atomic mass is 19.1. The summed E-state index contributed by atoms with van der Waals surface area (Å²) in [5, 5.41) is 10.2. The molecule has 94 valence electrons. The summed E-state index contributed by atoms with van der Waals surface area (Å²) in [4.78, 5) is 0. The first-order valence-electron chi connectivity index (χ1n) is 5.83. The van der Waals surface area contributed by atoms with Crippen LogP contribution < -0.4 is 0 Å². The van der Waals surface area contributed by atoms with Gasteiger partial charge in [0.25, 0.3) is 0 Å². The lowest BCUT2D eigenvalue weighted by Crippen LogP contribution is -2.04.